The second-order valence-electron chi connectivity index (χ2n) is 4.71. The van der Waals surface area contributed by atoms with Gasteiger partial charge in [-0.05, 0) is 38.5 Å². The molecule has 1 heterocycles. The fraction of sp³-hybridized carbons (Fsp3) is 0.385. The van der Waals surface area contributed by atoms with Gasteiger partial charge in [0.2, 0.25) is 0 Å². The summed E-state index contributed by atoms with van der Waals surface area (Å²) in [5.74, 6) is 0. The normalized spacial score (nSPS) is 12.3. The summed E-state index contributed by atoms with van der Waals surface area (Å²) in [6, 6.07) is 6.35. The predicted octanol–water partition coefficient (Wildman–Crippen LogP) is 3.62. The monoisotopic (exact) mass is 280 g/mol. The third-order valence-electron chi connectivity index (χ3n) is 2.88. The van der Waals surface area contributed by atoms with Gasteiger partial charge in [0.15, 0.2) is 0 Å². The van der Waals surface area contributed by atoms with Crippen LogP contribution < -0.4 is 5.73 Å². The van der Waals surface area contributed by atoms with E-state index in [1.54, 1.807) is 0 Å². The highest BCUT2D eigenvalue weighted by molar-refractivity contribution is 9.10. The summed E-state index contributed by atoms with van der Waals surface area (Å²) >= 11 is 3.51. The molecule has 1 aromatic heterocycles. The molecule has 0 amide bonds. The van der Waals surface area contributed by atoms with Gasteiger partial charge in [-0.1, -0.05) is 22.0 Å². The number of hydrogen-bond acceptors (Lipinski definition) is 1. The van der Waals surface area contributed by atoms with Crippen LogP contribution in [0.15, 0.2) is 28.9 Å². The molecular weight excluding hydrogens is 264 g/mol. The summed E-state index contributed by atoms with van der Waals surface area (Å²) in [4.78, 5) is 0. The molecule has 2 aromatic rings. The molecule has 0 saturated heterocycles. The van der Waals surface area contributed by atoms with E-state index in [0.717, 1.165) is 11.0 Å². The number of nitrogens with two attached hydrogens (primary N) is 1. The molecule has 0 aliphatic carbocycles. The summed E-state index contributed by atoms with van der Waals surface area (Å²) in [6.45, 7) is 7.20. The van der Waals surface area contributed by atoms with Crippen molar-refractivity contribution >= 4 is 26.8 Å². The molecule has 0 aliphatic rings. The Morgan fingerprint density at radius 2 is 2.06 bits per heavy atom. The number of rotatable bonds is 2. The number of aryl methyl sites for hydroxylation is 1. The Kier molecular flexibility index (Phi) is 2.84. The van der Waals surface area contributed by atoms with Crippen LogP contribution in [0.4, 0.5) is 0 Å². The average Bonchev–Trinajstić information content (AvgIpc) is 2.55. The summed E-state index contributed by atoms with van der Waals surface area (Å²) in [7, 11) is 0. The van der Waals surface area contributed by atoms with Crippen LogP contribution in [0.1, 0.15) is 26.3 Å². The molecule has 2 N–H and O–H groups in total. The van der Waals surface area contributed by atoms with Crippen molar-refractivity contribution in [3.05, 3.63) is 34.4 Å². The number of nitrogens with zero attached hydrogens (tertiary/aromatic N) is 1. The SMILES string of the molecule is CCn1cc(C(C)(C)N)c2ccc(Br)cc21. The molecule has 2 rings (SSSR count). The minimum atomic E-state index is -0.299. The van der Waals surface area contributed by atoms with Gasteiger partial charge in [0, 0.05) is 33.7 Å². The van der Waals surface area contributed by atoms with Gasteiger partial charge >= 0.3 is 0 Å². The van der Waals surface area contributed by atoms with E-state index in [9.17, 15) is 0 Å². The Bertz CT molecular complexity index is 520. The smallest absolute Gasteiger partial charge is 0.0495 e. The van der Waals surface area contributed by atoms with Gasteiger partial charge in [0.05, 0.1) is 0 Å². The highest BCUT2D eigenvalue weighted by atomic mass is 79.9. The topological polar surface area (TPSA) is 30.9 Å². The number of benzene rings is 1. The van der Waals surface area contributed by atoms with Crippen molar-refractivity contribution in [2.24, 2.45) is 5.73 Å². The first-order valence-corrected chi connectivity index (χ1v) is 6.30. The maximum Gasteiger partial charge on any atom is 0.0495 e. The molecule has 1 aromatic carbocycles. The van der Waals surface area contributed by atoms with E-state index in [4.69, 9.17) is 5.73 Å². The third-order valence-corrected chi connectivity index (χ3v) is 3.37. The van der Waals surface area contributed by atoms with Gasteiger partial charge in [-0.3, -0.25) is 0 Å². The first-order chi connectivity index (χ1) is 7.43. The van der Waals surface area contributed by atoms with Crippen LogP contribution in [-0.4, -0.2) is 4.57 Å². The van der Waals surface area contributed by atoms with Gasteiger partial charge in [0.25, 0.3) is 0 Å². The van der Waals surface area contributed by atoms with Crippen molar-refractivity contribution in [1.82, 2.24) is 4.57 Å². The molecule has 0 radical (unpaired) electrons. The predicted molar refractivity (Wildman–Crippen MR) is 72.5 cm³/mol. The van der Waals surface area contributed by atoms with E-state index in [1.165, 1.54) is 16.5 Å². The Labute approximate surface area is 105 Å². The minimum absolute atomic E-state index is 0.299. The minimum Gasteiger partial charge on any atom is -0.347 e. The van der Waals surface area contributed by atoms with Crippen molar-refractivity contribution < 1.29 is 0 Å². The van der Waals surface area contributed by atoms with E-state index in [0.29, 0.717) is 0 Å². The van der Waals surface area contributed by atoms with Gasteiger partial charge in [-0.25, -0.2) is 0 Å². The zero-order valence-corrected chi connectivity index (χ0v) is 11.5. The van der Waals surface area contributed by atoms with Crippen molar-refractivity contribution in [3.63, 3.8) is 0 Å². The molecule has 0 saturated carbocycles. The fourth-order valence-electron chi connectivity index (χ4n) is 2.04. The molecule has 86 valence electrons. The first kappa shape index (κ1) is 11.7. The highest BCUT2D eigenvalue weighted by Gasteiger charge is 2.20. The molecule has 0 aliphatic heterocycles. The molecule has 3 heteroatoms. The summed E-state index contributed by atoms with van der Waals surface area (Å²) < 4.78 is 3.35. The molecule has 16 heavy (non-hydrogen) atoms. The molecule has 0 unspecified atom stereocenters. The summed E-state index contributed by atoms with van der Waals surface area (Å²) in [6.07, 6.45) is 2.16. The van der Waals surface area contributed by atoms with E-state index >= 15 is 0 Å². The van der Waals surface area contributed by atoms with Crippen LogP contribution in [0.25, 0.3) is 10.9 Å². The lowest BCUT2D eigenvalue weighted by Gasteiger charge is -2.17. The number of halogens is 1. The van der Waals surface area contributed by atoms with E-state index in [-0.39, 0.29) is 5.54 Å². The van der Waals surface area contributed by atoms with Crippen LogP contribution in [0, 0.1) is 0 Å². The molecular formula is C13H17BrN2. The lowest BCUT2D eigenvalue weighted by Crippen LogP contribution is -2.28. The molecule has 0 bridgehead atoms. The quantitative estimate of drug-likeness (QED) is 0.895. The van der Waals surface area contributed by atoms with Crippen molar-refractivity contribution in [2.75, 3.05) is 0 Å². The standard InChI is InChI=1S/C13H17BrN2/c1-4-16-8-11(13(2,3)15)10-6-5-9(14)7-12(10)16/h5-8H,4,15H2,1-3H3. The molecule has 0 atom stereocenters. The number of hydrogen-bond donors (Lipinski definition) is 1. The average molecular weight is 281 g/mol. The second kappa shape index (κ2) is 3.90. The van der Waals surface area contributed by atoms with E-state index in [2.05, 4.69) is 51.8 Å². The lowest BCUT2D eigenvalue weighted by atomic mass is 9.95. The largest absolute Gasteiger partial charge is 0.347 e. The van der Waals surface area contributed by atoms with Gasteiger partial charge in [-0.2, -0.15) is 0 Å². The van der Waals surface area contributed by atoms with E-state index in [1.807, 2.05) is 13.8 Å². The maximum atomic E-state index is 6.20. The van der Waals surface area contributed by atoms with Gasteiger partial charge < -0.3 is 10.3 Å². The Morgan fingerprint density at radius 1 is 1.38 bits per heavy atom. The summed E-state index contributed by atoms with van der Waals surface area (Å²) in [5, 5.41) is 1.25. The van der Waals surface area contributed by atoms with Crippen LogP contribution in [0.5, 0.6) is 0 Å². The van der Waals surface area contributed by atoms with E-state index < -0.39 is 0 Å². The van der Waals surface area contributed by atoms with Crippen LogP contribution >= 0.6 is 15.9 Å². The lowest BCUT2D eigenvalue weighted by molar-refractivity contribution is 0.556. The Morgan fingerprint density at radius 3 is 2.62 bits per heavy atom. The van der Waals surface area contributed by atoms with Crippen LogP contribution in [0.2, 0.25) is 0 Å². The number of fused-ring (bicyclic) bond motifs is 1. The third kappa shape index (κ3) is 1.89. The van der Waals surface area contributed by atoms with Gasteiger partial charge in [-0.15, -0.1) is 0 Å². The van der Waals surface area contributed by atoms with Crippen molar-refractivity contribution in [1.29, 1.82) is 0 Å². The zero-order valence-electron chi connectivity index (χ0n) is 9.92. The van der Waals surface area contributed by atoms with Crippen LogP contribution in [-0.2, 0) is 12.1 Å². The maximum absolute atomic E-state index is 6.20. The summed E-state index contributed by atoms with van der Waals surface area (Å²) in [5.41, 5.74) is 8.35. The molecule has 2 nitrogen and oxygen atoms in total. The Hall–Kier alpha value is -0.800. The first-order valence-electron chi connectivity index (χ1n) is 5.51. The Balaban J connectivity index is 2.78. The molecule has 0 fully saturated rings. The zero-order chi connectivity index (χ0) is 11.9. The number of aromatic nitrogens is 1. The molecule has 0 spiro atoms. The highest BCUT2D eigenvalue weighted by Crippen LogP contribution is 2.30. The van der Waals surface area contributed by atoms with Crippen molar-refractivity contribution in [2.45, 2.75) is 32.9 Å². The second-order valence-corrected chi connectivity index (χ2v) is 5.63. The van der Waals surface area contributed by atoms with Gasteiger partial charge in [0.1, 0.15) is 0 Å². The van der Waals surface area contributed by atoms with Crippen LogP contribution in [0.3, 0.4) is 0 Å². The fourth-order valence-corrected chi connectivity index (χ4v) is 2.39. The van der Waals surface area contributed by atoms with Crippen molar-refractivity contribution in [3.8, 4) is 0 Å².